The summed E-state index contributed by atoms with van der Waals surface area (Å²) in [5, 5.41) is 5.48. The van der Waals surface area contributed by atoms with E-state index >= 15 is 0 Å². The maximum absolute atomic E-state index is 13.1. The summed E-state index contributed by atoms with van der Waals surface area (Å²) in [5.41, 5.74) is 8.44. The first-order valence-electron chi connectivity index (χ1n) is 11.5. The molecule has 8 heteroatoms. The van der Waals surface area contributed by atoms with Crippen LogP contribution in [-0.2, 0) is 27.2 Å². The molecule has 1 saturated carbocycles. The highest BCUT2D eigenvalue weighted by Crippen LogP contribution is 2.37. The number of carbonyl (C=O) groups is 4. The average molecular weight is 429 g/mol. The predicted octanol–water partition coefficient (Wildman–Crippen LogP) is 1.38. The topological polar surface area (TPSA) is 134 Å². The molecule has 5 N–H and O–H groups in total. The Hall–Kier alpha value is -2.64. The van der Waals surface area contributed by atoms with Crippen molar-refractivity contribution in [3.63, 3.8) is 0 Å². The summed E-state index contributed by atoms with van der Waals surface area (Å²) < 4.78 is 0. The van der Waals surface area contributed by atoms with E-state index in [0.29, 0.717) is 31.0 Å². The van der Waals surface area contributed by atoms with Gasteiger partial charge in [-0.15, -0.1) is 0 Å². The summed E-state index contributed by atoms with van der Waals surface area (Å²) in [7, 11) is 0. The molecule has 0 bridgehead atoms. The molecule has 0 unspecified atom stereocenters. The van der Waals surface area contributed by atoms with Crippen molar-refractivity contribution in [2.75, 3.05) is 6.54 Å². The zero-order valence-corrected chi connectivity index (χ0v) is 17.9. The summed E-state index contributed by atoms with van der Waals surface area (Å²) in [5.74, 6) is -1.53. The quantitative estimate of drug-likeness (QED) is 0.419. The largest absolute Gasteiger partial charge is 0.368 e. The summed E-state index contributed by atoms with van der Waals surface area (Å²) in [6.45, 7) is 0.571. The molecule has 1 saturated heterocycles. The van der Waals surface area contributed by atoms with Crippen molar-refractivity contribution >= 4 is 23.5 Å². The zero-order chi connectivity index (χ0) is 22.0. The highest BCUT2D eigenvalue weighted by atomic mass is 16.2. The molecule has 1 aromatic heterocycles. The third-order valence-electron chi connectivity index (χ3n) is 6.88. The van der Waals surface area contributed by atoms with Crippen LogP contribution in [0.1, 0.15) is 73.1 Å². The number of nitrogens with two attached hydrogens (primary N) is 1. The minimum absolute atomic E-state index is 0.0685. The lowest BCUT2D eigenvalue weighted by Crippen LogP contribution is -2.48. The highest BCUT2D eigenvalue weighted by Gasteiger charge is 2.35. The lowest BCUT2D eigenvalue weighted by atomic mass is 9.92. The number of aryl methyl sites for hydroxylation is 2. The van der Waals surface area contributed by atoms with E-state index in [1.807, 2.05) is 6.07 Å². The molecule has 2 aliphatic carbocycles. The molecule has 0 aromatic carbocycles. The van der Waals surface area contributed by atoms with Crippen LogP contribution in [0.4, 0.5) is 0 Å². The highest BCUT2D eigenvalue weighted by molar-refractivity contribution is 5.98. The minimum atomic E-state index is -0.907. The SMILES string of the molecule is NC(=O)[C@H](C[C@@H]1CCNC1=O)NC(=O)[C@@H](CC(=O)c1cc2c([nH]1)CCCC2)CC1CC1. The number of Topliss-reactive ketones (excluding diaryl/α,β-unsaturated/α-hetero) is 1. The average Bonchev–Trinajstić information content (AvgIpc) is 3.30. The summed E-state index contributed by atoms with van der Waals surface area (Å²) in [6, 6.07) is 1.03. The van der Waals surface area contributed by atoms with Crippen LogP contribution >= 0.6 is 0 Å². The molecular formula is C23H32N4O4. The first-order chi connectivity index (χ1) is 14.9. The van der Waals surface area contributed by atoms with Crippen molar-refractivity contribution in [3.8, 4) is 0 Å². The number of carbonyl (C=O) groups excluding carboxylic acids is 4. The van der Waals surface area contributed by atoms with Crippen LogP contribution in [-0.4, -0.2) is 41.1 Å². The lowest BCUT2D eigenvalue weighted by molar-refractivity contribution is -0.131. The van der Waals surface area contributed by atoms with Gasteiger partial charge in [-0.05, 0) is 62.5 Å². The second kappa shape index (κ2) is 9.24. The van der Waals surface area contributed by atoms with E-state index in [9.17, 15) is 19.2 Å². The van der Waals surface area contributed by atoms with Gasteiger partial charge < -0.3 is 21.4 Å². The van der Waals surface area contributed by atoms with Crippen LogP contribution in [0, 0.1) is 17.8 Å². The number of H-pyrrole nitrogens is 1. The van der Waals surface area contributed by atoms with E-state index in [1.54, 1.807) is 0 Å². The van der Waals surface area contributed by atoms with Gasteiger partial charge >= 0.3 is 0 Å². The van der Waals surface area contributed by atoms with E-state index < -0.39 is 17.9 Å². The van der Waals surface area contributed by atoms with Gasteiger partial charge in [0.1, 0.15) is 6.04 Å². The van der Waals surface area contributed by atoms with Gasteiger partial charge in [-0.1, -0.05) is 12.8 Å². The molecule has 8 nitrogen and oxygen atoms in total. The molecule has 3 atom stereocenters. The van der Waals surface area contributed by atoms with Crippen molar-refractivity contribution < 1.29 is 19.2 Å². The predicted molar refractivity (Wildman–Crippen MR) is 114 cm³/mol. The molecule has 0 radical (unpaired) electrons. The molecule has 1 aliphatic heterocycles. The molecule has 3 aliphatic rings. The molecule has 1 aromatic rings. The van der Waals surface area contributed by atoms with Crippen molar-refractivity contribution in [1.82, 2.24) is 15.6 Å². The molecule has 4 rings (SSSR count). The number of hydrogen-bond acceptors (Lipinski definition) is 4. The Morgan fingerprint density at radius 1 is 1.13 bits per heavy atom. The van der Waals surface area contributed by atoms with E-state index in [1.165, 1.54) is 5.56 Å². The van der Waals surface area contributed by atoms with Crippen LogP contribution in [0.2, 0.25) is 0 Å². The van der Waals surface area contributed by atoms with Gasteiger partial charge in [-0.3, -0.25) is 19.2 Å². The Kier molecular flexibility index (Phi) is 6.43. The number of rotatable bonds is 10. The first kappa shape index (κ1) is 21.6. The summed E-state index contributed by atoms with van der Waals surface area (Å²) in [6.07, 6.45) is 7.90. The molecular weight excluding hydrogens is 396 g/mol. The summed E-state index contributed by atoms with van der Waals surface area (Å²) in [4.78, 5) is 53.1. The van der Waals surface area contributed by atoms with Crippen molar-refractivity contribution in [2.45, 2.75) is 70.3 Å². The Bertz CT molecular complexity index is 849. The summed E-state index contributed by atoms with van der Waals surface area (Å²) >= 11 is 0. The number of primary amides is 1. The Morgan fingerprint density at radius 3 is 2.55 bits per heavy atom. The van der Waals surface area contributed by atoms with Gasteiger partial charge in [-0.25, -0.2) is 0 Å². The maximum atomic E-state index is 13.1. The number of hydrogen-bond donors (Lipinski definition) is 4. The van der Waals surface area contributed by atoms with E-state index in [2.05, 4.69) is 15.6 Å². The van der Waals surface area contributed by atoms with Gasteiger partial charge in [0.2, 0.25) is 17.7 Å². The van der Waals surface area contributed by atoms with Crippen LogP contribution in [0.15, 0.2) is 6.07 Å². The maximum Gasteiger partial charge on any atom is 0.240 e. The minimum Gasteiger partial charge on any atom is -0.368 e. The number of ketones is 1. The lowest BCUT2D eigenvalue weighted by Gasteiger charge is -2.22. The van der Waals surface area contributed by atoms with E-state index in [-0.39, 0.29) is 36.4 Å². The molecule has 2 heterocycles. The normalized spacial score (nSPS) is 22.3. The third kappa shape index (κ3) is 5.35. The number of amides is 3. The van der Waals surface area contributed by atoms with Gasteiger partial charge in [0, 0.05) is 30.5 Å². The van der Waals surface area contributed by atoms with Crippen molar-refractivity contribution in [1.29, 1.82) is 0 Å². The van der Waals surface area contributed by atoms with E-state index in [0.717, 1.165) is 44.2 Å². The molecule has 0 spiro atoms. The number of aromatic nitrogens is 1. The standard InChI is InChI=1S/C23H32N4O4/c24-21(29)19(11-15-7-8-25-22(15)30)27-23(31)16(9-13-5-6-13)12-20(28)18-10-14-3-1-2-4-17(14)26-18/h10,13,15-16,19,26H,1-9,11-12H2,(H2,24,29)(H,25,30)(H,27,31)/t15-,16+,19-/m0/s1. The van der Waals surface area contributed by atoms with Crippen LogP contribution < -0.4 is 16.4 Å². The zero-order valence-electron chi connectivity index (χ0n) is 17.9. The number of nitrogens with one attached hydrogen (secondary N) is 3. The second-order valence-electron chi connectivity index (χ2n) is 9.37. The third-order valence-corrected chi connectivity index (χ3v) is 6.88. The Labute approximate surface area is 182 Å². The monoisotopic (exact) mass is 428 g/mol. The molecule has 3 amide bonds. The molecule has 31 heavy (non-hydrogen) atoms. The second-order valence-corrected chi connectivity index (χ2v) is 9.37. The van der Waals surface area contributed by atoms with Gasteiger partial charge in [0.25, 0.3) is 0 Å². The van der Waals surface area contributed by atoms with Crippen molar-refractivity contribution in [3.05, 3.63) is 23.0 Å². The molecule has 168 valence electrons. The molecule has 2 fully saturated rings. The number of aromatic amines is 1. The first-order valence-corrected chi connectivity index (χ1v) is 11.5. The fourth-order valence-corrected chi connectivity index (χ4v) is 4.82. The van der Waals surface area contributed by atoms with Gasteiger partial charge in [0.15, 0.2) is 5.78 Å². The van der Waals surface area contributed by atoms with Gasteiger partial charge in [-0.2, -0.15) is 0 Å². The fraction of sp³-hybridized carbons (Fsp3) is 0.652. The van der Waals surface area contributed by atoms with Crippen LogP contribution in [0.5, 0.6) is 0 Å². The van der Waals surface area contributed by atoms with Crippen molar-refractivity contribution in [2.24, 2.45) is 23.5 Å². The van der Waals surface area contributed by atoms with Crippen LogP contribution in [0.25, 0.3) is 0 Å². The smallest absolute Gasteiger partial charge is 0.240 e. The fourth-order valence-electron chi connectivity index (χ4n) is 4.82. The van der Waals surface area contributed by atoms with Gasteiger partial charge in [0.05, 0.1) is 5.69 Å². The van der Waals surface area contributed by atoms with E-state index in [4.69, 9.17) is 5.73 Å². The number of fused-ring (bicyclic) bond motifs is 1. The van der Waals surface area contributed by atoms with Crippen LogP contribution in [0.3, 0.4) is 0 Å². The Balaban J connectivity index is 1.41. The Morgan fingerprint density at radius 2 is 1.90 bits per heavy atom.